The second-order valence-electron chi connectivity index (χ2n) is 4.92. The molecule has 0 saturated carbocycles. The molecule has 0 amide bonds. The van der Waals surface area contributed by atoms with Crippen LogP contribution in [0.3, 0.4) is 0 Å². The van der Waals surface area contributed by atoms with Gasteiger partial charge in [0.2, 0.25) is 0 Å². The lowest BCUT2D eigenvalue weighted by molar-refractivity contribution is 0.102. The molecule has 1 atom stereocenters. The van der Waals surface area contributed by atoms with Crippen molar-refractivity contribution in [2.45, 2.75) is 30.7 Å². The molecule has 1 aromatic heterocycles. The molecule has 1 aliphatic rings. The van der Waals surface area contributed by atoms with Gasteiger partial charge in [-0.1, -0.05) is 0 Å². The first-order valence-corrected chi connectivity index (χ1v) is 8.50. The first-order chi connectivity index (χ1) is 9.04. The van der Waals surface area contributed by atoms with Gasteiger partial charge in [-0.05, 0) is 32.7 Å². The van der Waals surface area contributed by atoms with E-state index < -0.39 is 0 Å². The number of rotatable bonds is 5. The summed E-state index contributed by atoms with van der Waals surface area (Å²) in [6.07, 6.45) is 4.50. The maximum atomic E-state index is 11.5. The van der Waals surface area contributed by atoms with Crippen molar-refractivity contribution in [3.8, 4) is 0 Å². The minimum atomic E-state index is 0.0452. The van der Waals surface area contributed by atoms with Crippen LogP contribution in [0.4, 0.5) is 10.7 Å². The Hall–Kier alpha value is -0.720. The van der Waals surface area contributed by atoms with Gasteiger partial charge in [0, 0.05) is 19.5 Å². The summed E-state index contributed by atoms with van der Waals surface area (Å²) in [5.41, 5.74) is 6.68. The zero-order valence-electron chi connectivity index (χ0n) is 11.7. The first-order valence-electron chi connectivity index (χ1n) is 6.46. The van der Waals surface area contributed by atoms with Gasteiger partial charge in [-0.15, -0.1) is 23.1 Å². The van der Waals surface area contributed by atoms with Gasteiger partial charge in [0.1, 0.15) is 5.00 Å². The Morgan fingerprint density at radius 1 is 1.63 bits per heavy atom. The lowest BCUT2D eigenvalue weighted by atomic mass is 10.2. The number of likely N-dealkylation sites (N-methyl/N-ethyl adjacent to an activating group) is 1. The summed E-state index contributed by atoms with van der Waals surface area (Å²) in [6, 6.07) is 0.582. The standard InChI is InChI=1S/C13H21N3OS2/c1-8(17)11-10(14)12(18-3)13(19-11)15-7-9-5-4-6-16(9)2/h9,15H,4-7,14H2,1-3H3. The molecular formula is C13H21N3OS2. The summed E-state index contributed by atoms with van der Waals surface area (Å²) >= 11 is 3.08. The van der Waals surface area contributed by atoms with Crippen molar-refractivity contribution in [2.24, 2.45) is 0 Å². The number of nitrogen functional groups attached to an aromatic ring is 1. The number of ketones is 1. The van der Waals surface area contributed by atoms with Crippen molar-refractivity contribution in [3.05, 3.63) is 4.88 Å². The molecule has 0 spiro atoms. The van der Waals surface area contributed by atoms with Crippen LogP contribution >= 0.6 is 23.1 Å². The van der Waals surface area contributed by atoms with E-state index in [1.165, 1.54) is 30.7 Å². The van der Waals surface area contributed by atoms with E-state index in [1.54, 1.807) is 18.7 Å². The van der Waals surface area contributed by atoms with Gasteiger partial charge in [0.05, 0.1) is 15.5 Å². The van der Waals surface area contributed by atoms with Crippen LogP contribution in [-0.2, 0) is 0 Å². The predicted molar refractivity (Wildman–Crippen MR) is 84.7 cm³/mol. The third-order valence-corrected chi connectivity index (χ3v) is 5.82. The first kappa shape index (κ1) is 14.7. The SMILES string of the molecule is CSc1c(NCC2CCCN2C)sc(C(C)=O)c1N. The molecule has 4 nitrogen and oxygen atoms in total. The zero-order chi connectivity index (χ0) is 14.0. The molecule has 2 rings (SSSR count). The van der Waals surface area contributed by atoms with Crippen molar-refractivity contribution in [3.63, 3.8) is 0 Å². The van der Waals surface area contributed by atoms with E-state index in [0.717, 1.165) is 16.4 Å². The minimum absolute atomic E-state index is 0.0452. The van der Waals surface area contributed by atoms with Crippen LogP contribution in [0.15, 0.2) is 4.90 Å². The number of carbonyl (C=O) groups is 1. The van der Waals surface area contributed by atoms with E-state index in [-0.39, 0.29) is 5.78 Å². The summed E-state index contributed by atoms with van der Waals surface area (Å²) < 4.78 is 0. The highest BCUT2D eigenvalue weighted by molar-refractivity contribution is 7.99. The summed E-state index contributed by atoms with van der Waals surface area (Å²) in [5.74, 6) is 0.0452. The number of Topliss-reactive ketones (excluding diaryl/α,β-unsaturated/α-hetero) is 1. The van der Waals surface area contributed by atoms with E-state index in [9.17, 15) is 4.79 Å². The Balaban J connectivity index is 2.11. The molecule has 1 aliphatic heterocycles. The topological polar surface area (TPSA) is 58.4 Å². The van der Waals surface area contributed by atoms with Crippen LogP contribution < -0.4 is 11.1 Å². The number of nitrogens with zero attached hydrogens (tertiary/aromatic N) is 1. The van der Waals surface area contributed by atoms with Gasteiger partial charge in [-0.2, -0.15) is 0 Å². The van der Waals surface area contributed by atoms with Gasteiger partial charge < -0.3 is 16.0 Å². The van der Waals surface area contributed by atoms with Crippen LogP contribution in [0.25, 0.3) is 0 Å². The molecule has 1 aromatic rings. The number of hydrogen-bond acceptors (Lipinski definition) is 6. The fraction of sp³-hybridized carbons (Fsp3) is 0.615. The van der Waals surface area contributed by atoms with Gasteiger partial charge in [-0.25, -0.2) is 0 Å². The second-order valence-corrected chi connectivity index (χ2v) is 6.76. The van der Waals surface area contributed by atoms with Crippen molar-refractivity contribution >= 4 is 39.6 Å². The molecule has 6 heteroatoms. The Kier molecular flexibility index (Phi) is 4.76. The molecule has 0 bridgehead atoms. The predicted octanol–water partition coefficient (Wildman–Crippen LogP) is 2.76. The van der Waals surface area contributed by atoms with Crippen molar-refractivity contribution in [1.29, 1.82) is 0 Å². The number of nitrogens with one attached hydrogen (secondary N) is 1. The highest BCUT2D eigenvalue weighted by atomic mass is 32.2. The number of thioether (sulfide) groups is 1. The molecule has 0 radical (unpaired) electrons. The molecule has 3 N–H and O–H groups in total. The maximum Gasteiger partial charge on any atom is 0.171 e. The molecule has 1 unspecified atom stereocenters. The molecule has 1 fully saturated rings. The van der Waals surface area contributed by atoms with Crippen LogP contribution in [0, 0.1) is 0 Å². The largest absolute Gasteiger partial charge is 0.396 e. The fourth-order valence-electron chi connectivity index (χ4n) is 2.46. The normalized spacial score (nSPS) is 19.8. The monoisotopic (exact) mass is 299 g/mol. The van der Waals surface area contributed by atoms with Gasteiger partial charge >= 0.3 is 0 Å². The average molecular weight is 299 g/mol. The molecule has 0 aromatic carbocycles. The zero-order valence-corrected chi connectivity index (χ0v) is 13.3. The van der Waals surface area contributed by atoms with Gasteiger partial charge in [0.15, 0.2) is 5.78 Å². The summed E-state index contributed by atoms with van der Waals surface area (Å²) in [4.78, 5) is 15.6. The molecule has 106 valence electrons. The third kappa shape index (κ3) is 3.07. The summed E-state index contributed by atoms with van der Waals surface area (Å²) in [7, 11) is 2.17. The Morgan fingerprint density at radius 2 is 2.37 bits per heavy atom. The smallest absolute Gasteiger partial charge is 0.171 e. The van der Waals surface area contributed by atoms with E-state index >= 15 is 0 Å². The molecule has 2 heterocycles. The molecule has 0 aliphatic carbocycles. The second kappa shape index (κ2) is 6.15. The van der Waals surface area contributed by atoms with Crippen LogP contribution in [0.5, 0.6) is 0 Å². The lowest BCUT2D eigenvalue weighted by Gasteiger charge is -2.20. The van der Waals surface area contributed by atoms with Crippen molar-refractivity contribution in [2.75, 3.05) is 37.4 Å². The van der Waals surface area contributed by atoms with Crippen molar-refractivity contribution in [1.82, 2.24) is 4.90 Å². The number of anilines is 2. The number of hydrogen-bond donors (Lipinski definition) is 2. The van der Waals surface area contributed by atoms with Crippen LogP contribution in [-0.4, -0.2) is 43.1 Å². The van der Waals surface area contributed by atoms with E-state index in [0.29, 0.717) is 16.6 Å². The van der Waals surface area contributed by atoms with Crippen molar-refractivity contribution < 1.29 is 4.79 Å². The van der Waals surface area contributed by atoms with Crippen LogP contribution in [0.1, 0.15) is 29.4 Å². The molecule has 19 heavy (non-hydrogen) atoms. The van der Waals surface area contributed by atoms with Gasteiger partial charge in [0.25, 0.3) is 0 Å². The average Bonchev–Trinajstić information content (AvgIpc) is 2.90. The summed E-state index contributed by atoms with van der Waals surface area (Å²) in [6.45, 7) is 3.66. The lowest BCUT2D eigenvalue weighted by Crippen LogP contribution is -2.31. The number of thiophene rings is 1. The third-order valence-electron chi connectivity index (χ3n) is 3.59. The molecular weight excluding hydrogens is 278 g/mol. The quantitative estimate of drug-likeness (QED) is 0.647. The Labute approximate surface area is 122 Å². The Bertz CT molecular complexity index is 473. The highest BCUT2D eigenvalue weighted by Gasteiger charge is 2.22. The molecule has 1 saturated heterocycles. The summed E-state index contributed by atoms with van der Waals surface area (Å²) in [5, 5.41) is 4.51. The maximum absolute atomic E-state index is 11.5. The van der Waals surface area contributed by atoms with Gasteiger partial charge in [-0.3, -0.25) is 4.79 Å². The fourth-order valence-corrected chi connectivity index (χ4v) is 4.39. The number of nitrogens with two attached hydrogens (primary N) is 1. The number of likely N-dealkylation sites (tertiary alicyclic amines) is 1. The minimum Gasteiger partial charge on any atom is -0.396 e. The highest BCUT2D eigenvalue weighted by Crippen LogP contribution is 2.41. The Morgan fingerprint density at radius 3 is 2.89 bits per heavy atom. The van der Waals surface area contributed by atoms with Crippen LogP contribution in [0.2, 0.25) is 0 Å². The van der Waals surface area contributed by atoms with E-state index in [1.807, 2.05) is 6.26 Å². The van der Waals surface area contributed by atoms with E-state index in [2.05, 4.69) is 17.3 Å². The number of carbonyl (C=O) groups excluding carboxylic acids is 1. The van der Waals surface area contributed by atoms with E-state index in [4.69, 9.17) is 5.73 Å².